The Kier molecular flexibility index (Phi) is 6.22. The molecule has 1 fully saturated rings. The van der Waals surface area contributed by atoms with E-state index in [2.05, 4.69) is 26.4 Å². The zero-order chi connectivity index (χ0) is 23.5. The van der Waals surface area contributed by atoms with Gasteiger partial charge in [-0.15, -0.1) is 0 Å². The average molecular weight is 458 g/mol. The summed E-state index contributed by atoms with van der Waals surface area (Å²) in [5, 5.41) is 0. The average Bonchev–Trinajstić information content (AvgIpc) is 3.17. The molecule has 8 nitrogen and oxygen atoms in total. The third-order valence-corrected chi connectivity index (χ3v) is 6.01. The number of ether oxygens (including phenoxy) is 2. The van der Waals surface area contributed by atoms with Crippen LogP contribution in [0.2, 0.25) is 0 Å². The monoisotopic (exact) mass is 457 g/mol. The van der Waals surface area contributed by atoms with Crippen LogP contribution in [0.1, 0.15) is 16.8 Å². The van der Waals surface area contributed by atoms with Crippen molar-refractivity contribution in [1.29, 1.82) is 0 Å². The summed E-state index contributed by atoms with van der Waals surface area (Å²) in [4.78, 5) is 30.1. The van der Waals surface area contributed by atoms with Gasteiger partial charge in [-0.05, 0) is 24.6 Å². The van der Waals surface area contributed by atoms with Crippen molar-refractivity contribution in [2.75, 3.05) is 37.8 Å². The van der Waals surface area contributed by atoms with Gasteiger partial charge in [-0.25, -0.2) is 15.0 Å². The summed E-state index contributed by atoms with van der Waals surface area (Å²) >= 11 is 0. The zero-order valence-electron chi connectivity index (χ0n) is 19.2. The summed E-state index contributed by atoms with van der Waals surface area (Å²) in [6.07, 6.45) is 3.74. The van der Waals surface area contributed by atoms with E-state index >= 15 is 0 Å². The highest BCUT2D eigenvalue weighted by Crippen LogP contribution is 2.29. The van der Waals surface area contributed by atoms with Crippen LogP contribution in [0.15, 0.2) is 61.1 Å². The summed E-state index contributed by atoms with van der Waals surface area (Å²) in [5.41, 5.74) is 4.67. The van der Waals surface area contributed by atoms with Gasteiger partial charge in [0.2, 0.25) is 5.91 Å². The number of aryl methyl sites for hydroxylation is 1. The Hall–Kier alpha value is -3.78. The second kappa shape index (κ2) is 9.61. The lowest BCUT2D eigenvalue weighted by Gasteiger charge is -2.30. The number of morpholine rings is 1. The minimum absolute atomic E-state index is 0.0647. The highest BCUT2D eigenvalue weighted by molar-refractivity contribution is 6.00. The maximum Gasteiger partial charge on any atom is 0.233 e. The van der Waals surface area contributed by atoms with Gasteiger partial charge in [-0.2, -0.15) is 0 Å². The molecule has 0 unspecified atom stereocenters. The molecule has 2 aromatic heterocycles. The van der Waals surface area contributed by atoms with E-state index in [0.717, 1.165) is 47.0 Å². The fraction of sp³-hybridized carbons (Fsp3) is 0.308. The largest absolute Gasteiger partial charge is 0.484 e. The van der Waals surface area contributed by atoms with Gasteiger partial charge in [0.25, 0.3) is 0 Å². The van der Waals surface area contributed by atoms with E-state index in [1.165, 1.54) is 0 Å². The maximum absolute atomic E-state index is 12.6. The van der Waals surface area contributed by atoms with E-state index < -0.39 is 0 Å². The first-order valence-corrected chi connectivity index (χ1v) is 11.4. The lowest BCUT2D eigenvalue weighted by Crippen LogP contribution is -2.36. The zero-order valence-corrected chi connectivity index (χ0v) is 19.2. The molecule has 2 aliphatic rings. The van der Waals surface area contributed by atoms with Crippen LogP contribution in [0.4, 0.5) is 5.82 Å². The minimum atomic E-state index is 0.0647. The van der Waals surface area contributed by atoms with E-state index in [0.29, 0.717) is 44.4 Å². The van der Waals surface area contributed by atoms with Crippen molar-refractivity contribution in [3.8, 4) is 17.1 Å². The van der Waals surface area contributed by atoms with Crippen LogP contribution in [-0.2, 0) is 22.5 Å². The number of fused-ring (bicyclic) bond motifs is 1. The van der Waals surface area contributed by atoms with Gasteiger partial charge in [0.05, 0.1) is 38.6 Å². The Balaban J connectivity index is 1.24. The van der Waals surface area contributed by atoms with Crippen molar-refractivity contribution < 1.29 is 14.3 Å². The molecule has 0 saturated carbocycles. The lowest BCUT2D eigenvalue weighted by atomic mass is 10.1. The van der Waals surface area contributed by atoms with Crippen LogP contribution in [0, 0.1) is 6.92 Å². The molecule has 1 aromatic carbocycles. The highest BCUT2D eigenvalue weighted by atomic mass is 16.5. The van der Waals surface area contributed by atoms with Crippen molar-refractivity contribution in [1.82, 2.24) is 19.9 Å². The van der Waals surface area contributed by atoms with Crippen LogP contribution in [0.3, 0.4) is 0 Å². The van der Waals surface area contributed by atoms with Crippen molar-refractivity contribution in [3.05, 3.63) is 77.9 Å². The molecule has 0 radical (unpaired) electrons. The third kappa shape index (κ3) is 4.77. The number of benzene rings is 1. The van der Waals surface area contributed by atoms with Gasteiger partial charge in [0, 0.05) is 35.6 Å². The molecular formula is C26H27N5O3. The molecule has 0 bridgehead atoms. The molecule has 1 saturated heterocycles. The molecule has 34 heavy (non-hydrogen) atoms. The Morgan fingerprint density at radius 1 is 1.15 bits per heavy atom. The fourth-order valence-corrected chi connectivity index (χ4v) is 4.15. The molecule has 5 rings (SSSR count). The van der Waals surface area contributed by atoms with E-state index in [9.17, 15) is 4.79 Å². The van der Waals surface area contributed by atoms with Crippen molar-refractivity contribution >= 4 is 11.7 Å². The number of amides is 1. The molecule has 0 aliphatic carbocycles. The summed E-state index contributed by atoms with van der Waals surface area (Å²) in [5.74, 6) is 2.01. The number of pyridine rings is 1. The summed E-state index contributed by atoms with van der Waals surface area (Å²) in [7, 11) is 0. The Bertz CT molecular complexity index is 1210. The quantitative estimate of drug-likeness (QED) is 0.539. The highest BCUT2D eigenvalue weighted by Gasteiger charge is 2.28. The molecule has 0 atom stereocenters. The molecule has 0 spiro atoms. The number of hydrogen-bond donors (Lipinski definition) is 0. The second-order valence-electron chi connectivity index (χ2n) is 8.49. The first-order valence-electron chi connectivity index (χ1n) is 11.4. The number of carbonyl (C=O) groups excluding carboxylic acids is 1. The second-order valence-corrected chi connectivity index (χ2v) is 8.49. The Labute approximate surface area is 198 Å². The maximum atomic E-state index is 12.6. The molecule has 3 aromatic rings. The number of nitrogens with zero attached hydrogens (tertiary/aromatic N) is 5. The molecule has 8 heteroatoms. The summed E-state index contributed by atoms with van der Waals surface area (Å²) < 4.78 is 11.2. The molecule has 0 N–H and O–H groups in total. The van der Waals surface area contributed by atoms with Crippen LogP contribution in [0.25, 0.3) is 11.4 Å². The van der Waals surface area contributed by atoms with Gasteiger partial charge in [0.15, 0.2) is 11.6 Å². The smallest absolute Gasteiger partial charge is 0.233 e. The number of anilines is 1. The van der Waals surface area contributed by atoms with Crippen molar-refractivity contribution in [2.45, 2.75) is 19.9 Å². The topological polar surface area (TPSA) is 80.7 Å². The fourth-order valence-electron chi connectivity index (χ4n) is 4.15. The van der Waals surface area contributed by atoms with Crippen LogP contribution in [0.5, 0.6) is 5.75 Å². The van der Waals surface area contributed by atoms with Crippen molar-refractivity contribution in [3.63, 3.8) is 0 Å². The van der Waals surface area contributed by atoms with E-state index in [-0.39, 0.29) is 5.91 Å². The number of hydrogen-bond acceptors (Lipinski definition) is 7. The van der Waals surface area contributed by atoms with Gasteiger partial charge in [-0.1, -0.05) is 30.8 Å². The Morgan fingerprint density at radius 2 is 1.94 bits per heavy atom. The molecule has 174 valence electrons. The molecule has 2 aliphatic heterocycles. The van der Waals surface area contributed by atoms with E-state index in [1.54, 1.807) is 17.3 Å². The van der Waals surface area contributed by atoms with Gasteiger partial charge >= 0.3 is 0 Å². The normalized spacial score (nSPS) is 15.4. The third-order valence-electron chi connectivity index (χ3n) is 6.01. The molecular weight excluding hydrogens is 430 g/mol. The predicted molar refractivity (Wildman–Crippen MR) is 128 cm³/mol. The van der Waals surface area contributed by atoms with E-state index in [4.69, 9.17) is 9.47 Å². The SMILES string of the molecule is C=C(COc1cnc(-c2cccc(CN3C(=O)Cc4ccc(C)nc43)c2)nc1)N1CCOCC1. The van der Waals surface area contributed by atoms with Crippen LogP contribution in [-0.4, -0.2) is 58.7 Å². The lowest BCUT2D eigenvalue weighted by molar-refractivity contribution is -0.117. The van der Waals surface area contributed by atoms with Gasteiger partial charge in [0.1, 0.15) is 12.4 Å². The first kappa shape index (κ1) is 22.0. The molecule has 1 amide bonds. The van der Waals surface area contributed by atoms with Gasteiger partial charge < -0.3 is 14.4 Å². The number of carbonyl (C=O) groups is 1. The number of aromatic nitrogens is 3. The van der Waals surface area contributed by atoms with Crippen LogP contribution < -0.4 is 9.64 Å². The minimum Gasteiger partial charge on any atom is -0.484 e. The van der Waals surface area contributed by atoms with Crippen LogP contribution >= 0.6 is 0 Å². The summed E-state index contributed by atoms with van der Waals surface area (Å²) in [6.45, 7) is 9.98. The predicted octanol–water partition coefficient (Wildman–Crippen LogP) is 3.16. The van der Waals surface area contributed by atoms with Gasteiger partial charge in [-0.3, -0.25) is 9.69 Å². The Morgan fingerprint density at radius 3 is 2.74 bits per heavy atom. The first-order chi connectivity index (χ1) is 16.6. The standard InChI is InChI=1S/C26H27N5O3/c1-18-6-7-22-13-24(32)31(26(22)29-18)16-20-4-3-5-21(12-20)25-27-14-23(15-28-25)34-17-19(2)30-8-10-33-11-9-30/h3-7,12,14-15H,2,8-11,13,16-17H2,1H3. The van der Waals surface area contributed by atoms with E-state index in [1.807, 2.05) is 43.3 Å². The van der Waals surface area contributed by atoms with Crippen molar-refractivity contribution in [2.24, 2.45) is 0 Å². The summed E-state index contributed by atoms with van der Waals surface area (Å²) in [6, 6.07) is 11.9. The number of rotatable bonds is 7. The molecule has 4 heterocycles.